The van der Waals surface area contributed by atoms with E-state index < -0.39 is 0 Å². The second-order valence-electron chi connectivity index (χ2n) is 4.38. The molecule has 94 valence electrons. The van der Waals surface area contributed by atoms with Gasteiger partial charge in [-0.3, -0.25) is 0 Å². The molecule has 0 aliphatic rings. The van der Waals surface area contributed by atoms with Crippen molar-refractivity contribution in [2.24, 2.45) is 5.73 Å². The van der Waals surface area contributed by atoms with Crippen LogP contribution in [0.1, 0.15) is 16.7 Å². The number of pyridine rings is 1. The van der Waals surface area contributed by atoms with Crippen LogP contribution in [-0.4, -0.2) is 11.5 Å². The van der Waals surface area contributed by atoms with E-state index in [9.17, 15) is 0 Å². The third-order valence-electron chi connectivity index (χ3n) is 2.80. The van der Waals surface area contributed by atoms with Gasteiger partial charge in [-0.1, -0.05) is 35.5 Å². The summed E-state index contributed by atoms with van der Waals surface area (Å²) in [6.07, 6.45) is 2.72. The van der Waals surface area contributed by atoms with Crippen molar-refractivity contribution in [3.8, 4) is 0 Å². The summed E-state index contributed by atoms with van der Waals surface area (Å²) >= 11 is 1.72. The van der Waals surface area contributed by atoms with Crippen LogP contribution < -0.4 is 5.73 Å². The Morgan fingerprint density at radius 2 is 2.06 bits per heavy atom. The molecule has 0 bridgehead atoms. The molecule has 0 fully saturated rings. The van der Waals surface area contributed by atoms with Crippen LogP contribution in [0.15, 0.2) is 46.5 Å². The Morgan fingerprint density at radius 1 is 1.22 bits per heavy atom. The molecule has 1 heterocycles. The first-order chi connectivity index (χ1) is 8.70. The fourth-order valence-electron chi connectivity index (χ4n) is 1.88. The number of hydrogen-bond acceptors (Lipinski definition) is 3. The summed E-state index contributed by atoms with van der Waals surface area (Å²) in [4.78, 5) is 5.73. The topological polar surface area (TPSA) is 38.9 Å². The molecule has 0 atom stereocenters. The highest BCUT2D eigenvalue weighted by Gasteiger charge is 2.07. The van der Waals surface area contributed by atoms with Crippen molar-refractivity contribution in [1.29, 1.82) is 0 Å². The smallest absolute Gasteiger partial charge is 0.104 e. The summed E-state index contributed by atoms with van der Waals surface area (Å²) in [5.74, 6) is 0. The molecule has 2 rings (SSSR count). The lowest BCUT2D eigenvalue weighted by molar-refractivity contribution is 0.911. The molecule has 0 spiro atoms. The molecule has 2 aromatic rings. The van der Waals surface area contributed by atoms with E-state index in [4.69, 9.17) is 5.73 Å². The van der Waals surface area contributed by atoms with Crippen LogP contribution in [0.4, 0.5) is 0 Å². The largest absolute Gasteiger partial charge is 0.330 e. The Hall–Kier alpha value is -1.32. The van der Waals surface area contributed by atoms with Crippen molar-refractivity contribution >= 4 is 11.8 Å². The van der Waals surface area contributed by atoms with Gasteiger partial charge >= 0.3 is 0 Å². The number of aromatic nitrogens is 1. The molecule has 0 amide bonds. The molecule has 2 N–H and O–H groups in total. The fraction of sp³-hybridized carbons (Fsp3) is 0.267. The molecular weight excluding hydrogens is 240 g/mol. The van der Waals surface area contributed by atoms with E-state index in [0.29, 0.717) is 6.54 Å². The van der Waals surface area contributed by atoms with Gasteiger partial charge in [0, 0.05) is 11.1 Å². The van der Waals surface area contributed by atoms with Gasteiger partial charge in [0.2, 0.25) is 0 Å². The van der Waals surface area contributed by atoms with E-state index in [-0.39, 0.29) is 0 Å². The van der Waals surface area contributed by atoms with E-state index in [0.717, 1.165) is 11.4 Å². The first kappa shape index (κ1) is 13.1. The van der Waals surface area contributed by atoms with Crippen LogP contribution in [0.2, 0.25) is 0 Å². The molecule has 0 aliphatic heterocycles. The fourth-order valence-corrected chi connectivity index (χ4v) is 2.86. The van der Waals surface area contributed by atoms with E-state index in [1.165, 1.54) is 21.6 Å². The summed E-state index contributed by atoms with van der Waals surface area (Å²) in [5, 5.41) is 1.06. The third-order valence-corrected chi connectivity index (χ3v) is 4.04. The van der Waals surface area contributed by atoms with Crippen LogP contribution >= 0.6 is 11.8 Å². The Labute approximate surface area is 113 Å². The lowest BCUT2D eigenvalue weighted by atomic mass is 10.2. The molecule has 2 nitrogen and oxygen atoms in total. The lowest BCUT2D eigenvalue weighted by Gasteiger charge is -2.09. The first-order valence-corrected chi connectivity index (χ1v) is 6.91. The monoisotopic (exact) mass is 258 g/mol. The summed E-state index contributed by atoms with van der Waals surface area (Å²) in [6, 6.07) is 10.6. The van der Waals surface area contributed by atoms with Gasteiger partial charge in [0.1, 0.15) is 5.03 Å². The van der Waals surface area contributed by atoms with Crippen molar-refractivity contribution < 1.29 is 0 Å². The lowest BCUT2D eigenvalue weighted by Crippen LogP contribution is -2.04. The highest BCUT2D eigenvalue weighted by atomic mass is 32.2. The van der Waals surface area contributed by atoms with Gasteiger partial charge in [-0.25, -0.2) is 4.98 Å². The average Bonchev–Trinajstić information content (AvgIpc) is 2.35. The number of benzene rings is 1. The quantitative estimate of drug-likeness (QED) is 0.914. The summed E-state index contributed by atoms with van der Waals surface area (Å²) in [7, 11) is 0. The zero-order chi connectivity index (χ0) is 13.0. The standard InChI is InChI=1S/C15H18N2S/c1-11-5-6-14(12(2)10-11)18-15-13(7-8-16)4-3-9-17-15/h3-6,9-10H,7-8,16H2,1-2H3. The highest BCUT2D eigenvalue weighted by Crippen LogP contribution is 2.31. The van der Waals surface area contributed by atoms with Crippen LogP contribution in [0, 0.1) is 13.8 Å². The minimum atomic E-state index is 0.659. The van der Waals surface area contributed by atoms with Crippen molar-refractivity contribution in [2.75, 3.05) is 6.54 Å². The van der Waals surface area contributed by atoms with Gasteiger partial charge in [-0.05, 0) is 50.1 Å². The number of hydrogen-bond donors (Lipinski definition) is 1. The highest BCUT2D eigenvalue weighted by molar-refractivity contribution is 7.99. The molecule has 1 aromatic heterocycles. The Bertz CT molecular complexity index is 538. The number of aryl methyl sites for hydroxylation is 2. The Kier molecular flexibility index (Phi) is 4.39. The maximum atomic E-state index is 5.64. The maximum Gasteiger partial charge on any atom is 0.104 e. The van der Waals surface area contributed by atoms with Crippen molar-refractivity contribution in [3.63, 3.8) is 0 Å². The normalized spacial score (nSPS) is 10.6. The minimum Gasteiger partial charge on any atom is -0.330 e. The minimum absolute atomic E-state index is 0.659. The van der Waals surface area contributed by atoms with Crippen LogP contribution in [0.25, 0.3) is 0 Å². The van der Waals surface area contributed by atoms with Gasteiger partial charge in [0.05, 0.1) is 0 Å². The zero-order valence-electron chi connectivity index (χ0n) is 10.8. The molecule has 1 aromatic carbocycles. The van der Waals surface area contributed by atoms with Gasteiger partial charge in [-0.2, -0.15) is 0 Å². The first-order valence-electron chi connectivity index (χ1n) is 6.10. The molecular formula is C15H18N2S. The number of rotatable bonds is 4. The Balaban J connectivity index is 2.28. The Morgan fingerprint density at radius 3 is 2.78 bits per heavy atom. The van der Waals surface area contributed by atoms with E-state index >= 15 is 0 Å². The van der Waals surface area contributed by atoms with Crippen LogP contribution in [0.3, 0.4) is 0 Å². The predicted molar refractivity (Wildman–Crippen MR) is 77.0 cm³/mol. The van der Waals surface area contributed by atoms with Gasteiger partial charge in [-0.15, -0.1) is 0 Å². The van der Waals surface area contributed by atoms with Crippen molar-refractivity contribution in [1.82, 2.24) is 4.98 Å². The molecule has 0 radical (unpaired) electrons. The predicted octanol–water partition coefficient (Wildman–Crippen LogP) is 3.35. The molecule has 0 unspecified atom stereocenters. The van der Waals surface area contributed by atoms with E-state index in [1.807, 2.05) is 12.3 Å². The second kappa shape index (κ2) is 6.03. The SMILES string of the molecule is Cc1ccc(Sc2ncccc2CCN)c(C)c1. The average molecular weight is 258 g/mol. The second-order valence-corrected chi connectivity index (χ2v) is 5.41. The van der Waals surface area contributed by atoms with Crippen LogP contribution in [-0.2, 0) is 6.42 Å². The zero-order valence-corrected chi connectivity index (χ0v) is 11.6. The van der Waals surface area contributed by atoms with Gasteiger partial charge in [0.15, 0.2) is 0 Å². The van der Waals surface area contributed by atoms with Gasteiger partial charge < -0.3 is 5.73 Å². The molecule has 0 saturated heterocycles. The summed E-state index contributed by atoms with van der Waals surface area (Å²) in [6.45, 7) is 4.91. The van der Waals surface area contributed by atoms with Crippen molar-refractivity contribution in [2.45, 2.75) is 30.2 Å². The van der Waals surface area contributed by atoms with Crippen LogP contribution in [0.5, 0.6) is 0 Å². The summed E-state index contributed by atoms with van der Waals surface area (Å²) < 4.78 is 0. The molecule has 0 aliphatic carbocycles. The van der Waals surface area contributed by atoms with Gasteiger partial charge in [0.25, 0.3) is 0 Å². The molecule has 3 heteroatoms. The van der Waals surface area contributed by atoms with Crippen molar-refractivity contribution in [3.05, 3.63) is 53.2 Å². The molecule has 0 saturated carbocycles. The maximum absolute atomic E-state index is 5.64. The summed E-state index contributed by atoms with van der Waals surface area (Å²) in [5.41, 5.74) is 9.45. The van der Waals surface area contributed by atoms with E-state index in [2.05, 4.69) is 43.1 Å². The number of nitrogens with two attached hydrogens (primary N) is 1. The number of nitrogens with zero attached hydrogens (tertiary/aromatic N) is 1. The van der Waals surface area contributed by atoms with E-state index in [1.54, 1.807) is 11.8 Å². The third kappa shape index (κ3) is 3.12. The molecule has 18 heavy (non-hydrogen) atoms.